The van der Waals surface area contributed by atoms with Crippen molar-refractivity contribution in [2.45, 2.75) is 19.4 Å². The second-order valence-corrected chi connectivity index (χ2v) is 3.73. The van der Waals surface area contributed by atoms with Crippen LogP contribution in [0.3, 0.4) is 0 Å². The molecule has 1 aromatic rings. The number of ether oxygens (including phenoxy) is 1. The molecule has 0 amide bonds. The third-order valence-electron chi connectivity index (χ3n) is 2.43. The van der Waals surface area contributed by atoms with E-state index in [2.05, 4.69) is 5.32 Å². The molecule has 0 fully saturated rings. The zero-order valence-electron chi connectivity index (χ0n) is 9.66. The van der Waals surface area contributed by atoms with Gasteiger partial charge in [0.1, 0.15) is 11.6 Å². The highest BCUT2D eigenvalue weighted by molar-refractivity contribution is 5.29. The predicted octanol–water partition coefficient (Wildman–Crippen LogP) is 2.22. The highest BCUT2D eigenvalue weighted by atomic mass is 19.1. The van der Waals surface area contributed by atoms with E-state index in [0.717, 1.165) is 19.0 Å². The van der Waals surface area contributed by atoms with E-state index in [-0.39, 0.29) is 17.6 Å². The molecular formula is C12H18FNO2. The van der Waals surface area contributed by atoms with Gasteiger partial charge in [0.2, 0.25) is 0 Å². The van der Waals surface area contributed by atoms with Crippen LogP contribution in [0.2, 0.25) is 0 Å². The van der Waals surface area contributed by atoms with Crippen molar-refractivity contribution in [2.75, 3.05) is 20.3 Å². The first-order valence-electron chi connectivity index (χ1n) is 5.36. The molecule has 1 atom stereocenters. The molecule has 3 nitrogen and oxygen atoms in total. The van der Waals surface area contributed by atoms with E-state index in [4.69, 9.17) is 9.84 Å². The van der Waals surface area contributed by atoms with Crippen LogP contribution in [0.1, 0.15) is 24.9 Å². The van der Waals surface area contributed by atoms with Crippen molar-refractivity contribution in [2.24, 2.45) is 0 Å². The fraction of sp³-hybridized carbons (Fsp3) is 0.500. The number of hydrogen-bond donors (Lipinski definition) is 2. The van der Waals surface area contributed by atoms with Gasteiger partial charge in [0, 0.05) is 31.4 Å². The van der Waals surface area contributed by atoms with Gasteiger partial charge in [-0.3, -0.25) is 0 Å². The summed E-state index contributed by atoms with van der Waals surface area (Å²) in [5, 5.41) is 12.3. The number of benzene rings is 1. The zero-order chi connectivity index (χ0) is 12.0. The van der Waals surface area contributed by atoms with Crippen molar-refractivity contribution in [3.05, 3.63) is 29.6 Å². The van der Waals surface area contributed by atoms with Crippen LogP contribution in [0.15, 0.2) is 18.2 Å². The van der Waals surface area contributed by atoms with Crippen molar-refractivity contribution in [1.82, 2.24) is 5.32 Å². The normalized spacial score (nSPS) is 12.7. The Kier molecular flexibility index (Phi) is 5.22. The molecule has 0 aliphatic rings. The Balaban J connectivity index is 2.49. The van der Waals surface area contributed by atoms with Gasteiger partial charge in [0.15, 0.2) is 0 Å². The topological polar surface area (TPSA) is 41.5 Å². The minimum Gasteiger partial charge on any atom is -0.508 e. The summed E-state index contributed by atoms with van der Waals surface area (Å²) in [5.74, 6) is -0.431. The average molecular weight is 227 g/mol. The quantitative estimate of drug-likeness (QED) is 0.732. The number of phenolic OH excluding ortho intramolecular Hbond substituents is 1. The Morgan fingerprint density at radius 1 is 1.50 bits per heavy atom. The Morgan fingerprint density at radius 3 is 2.88 bits per heavy atom. The summed E-state index contributed by atoms with van der Waals surface area (Å²) in [5.41, 5.74) is 0.565. The molecule has 0 saturated heterocycles. The molecule has 1 unspecified atom stereocenters. The largest absolute Gasteiger partial charge is 0.508 e. The van der Waals surface area contributed by atoms with E-state index in [9.17, 15) is 4.39 Å². The number of rotatable bonds is 6. The van der Waals surface area contributed by atoms with Gasteiger partial charge in [0.05, 0.1) is 0 Å². The SMILES string of the molecule is COCCCNC(C)c1ccc(O)cc1F. The molecule has 0 radical (unpaired) electrons. The van der Waals surface area contributed by atoms with E-state index in [1.54, 1.807) is 13.2 Å². The van der Waals surface area contributed by atoms with Crippen molar-refractivity contribution in [3.8, 4) is 5.75 Å². The van der Waals surface area contributed by atoms with Crippen LogP contribution in [0.25, 0.3) is 0 Å². The Bertz CT molecular complexity index is 331. The van der Waals surface area contributed by atoms with Crippen LogP contribution in [0.5, 0.6) is 5.75 Å². The monoisotopic (exact) mass is 227 g/mol. The molecule has 0 heterocycles. The summed E-state index contributed by atoms with van der Waals surface area (Å²) < 4.78 is 18.4. The first-order valence-corrected chi connectivity index (χ1v) is 5.36. The molecule has 2 N–H and O–H groups in total. The van der Waals surface area contributed by atoms with Crippen LogP contribution < -0.4 is 5.32 Å². The minimum absolute atomic E-state index is 0.0483. The van der Waals surface area contributed by atoms with E-state index in [1.807, 2.05) is 6.92 Å². The van der Waals surface area contributed by atoms with Crippen molar-refractivity contribution in [3.63, 3.8) is 0 Å². The third kappa shape index (κ3) is 3.79. The minimum atomic E-state index is -0.383. The number of methoxy groups -OCH3 is 1. The second-order valence-electron chi connectivity index (χ2n) is 3.73. The summed E-state index contributed by atoms with van der Waals surface area (Å²) in [6.07, 6.45) is 0.889. The Morgan fingerprint density at radius 2 is 2.25 bits per heavy atom. The van der Waals surface area contributed by atoms with Crippen LogP contribution in [0, 0.1) is 5.82 Å². The van der Waals surface area contributed by atoms with Gasteiger partial charge < -0.3 is 15.2 Å². The number of phenols is 1. The maximum Gasteiger partial charge on any atom is 0.131 e. The van der Waals surface area contributed by atoms with E-state index in [1.165, 1.54) is 6.07 Å². The molecule has 1 rings (SSSR count). The first kappa shape index (κ1) is 12.9. The van der Waals surface area contributed by atoms with Gasteiger partial charge in [0.25, 0.3) is 0 Å². The summed E-state index contributed by atoms with van der Waals surface area (Å²) in [6, 6.07) is 4.14. The molecule has 0 spiro atoms. The maximum atomic E-state index is 13.5. The van der Waals surface area contributed by atoms with E-state index >= 15 is 0 Å². The maximum absolute atomic E-state index is 13.5. The lowest BCUT2D eigenvalue weighted by molar-refractivity contribution is 0.193. The van der Waals surface area contributed by atoms with E-state index < -0.39 is 0 Å². The summed E-state index contributed by atoms with van der Waals surface area (Å²) in [6.45, 7) is 3.36. The van der Waals surface area contributed by atoms with Crippen molar-refractivity contribution < 1.29 is 14.2 Å². The number of aromatic hydroxyl groups is 1. The van der Waals surface area contributed by atoms with Gasteiger partial charge in [-0.2, -0.15) is 0 Å². The van der Waals surface area contributed by atoms with Crippen LogP contribution in [-0.4, -0.2) is 25.4 Å². The second kappa shape index (κ2) is 6.45. The standard InChI is InChI=1S/C12H18FNO2/c1-9(14-6-3-7-16-2)11-5-4-10(15)8-12(11)13/h4-5,8-9,14-15H,3,6-7H2,1-2H3. The summed E-state index contributed by atoms with van der Waals surface area (Å²) in [4.78, 5) is 0. The van der Waals surface area contributed by atoms with Gasteiger partial charge in [-0.1, -0.05) is 6.07 Å². The van der Waals surface area contributed by atoms with Crippen LogP contribution >= 0.6 is 0 Å². The number of nitrogens with one attached hydrogen (secondary N) is 1. The van der Waals surface area contributed by atoms with Gasteiger partial charge in [-0.15, -0.1) is 0 Å². The third-order valence-corrected chi connectivity index (χ3v) is 2.43. The first-order chi connectivity index (χ1) is 7.65. The van der Waals surface area contributed by atoms with Gasteiger partial charge >= 0.3 is 0 Å². The molecule has 0 aromatic heterocycles. The van der Waals surface area contributed by atoms with Crippen molar-refractivity contribution >= 4 is 0 Å². The summed E-state index contributed by atoms with van der Waals surface area (Å²) >= 11 is 0. The van der Waals surface area contributed by atoms with E-state index in [0.29, 0.717) is 12.2 Å². The number of hydrogen-bond acceptors (Lipinski definition) is 3. The molecule has 0 aliphatic heterocycles. The fourth-order valence-electron chi connectivity index (χ4n) is 1.51. The molecule has 0 aliphatic carbocycles. The Hall–Kier alpha value is -1.13. The highest BCUT2D eigenvalue weighted by Gasteiger charge is 2.10. The van der Waals surface area contributed by atoms with Crippen molar-refractivity contribution in [1.29, 1.82) is 0 Å². The van der Waals surface area contributed by atoms with Gasteiger partial charge in [-0.05, 0) is 26.0 Å². The molecule has 0 bridgehead atoms. The molecular weight excluding hydrogens is 209 g/mol. The zero-order valence-corrected chi connectivity index (χ0v) is 9.66. The summed E-state index contributed by atoms with van der Waals surface area (Å²) in [7, 11) is 1.66. The lowest BCUT2D eigenvalue weighted by Crippen LogP contribution is -2.21. The molecule has 4 heteroatoms. The highest BCUT2D eigenvalue weighted by Crippen LogP contribution is 2.20. The fourth-order valence-corrected chi connectivity index (χ4v) is 1.51. The Labute approximate surface area is 95.2 Å². The smallest absolute Gasteiger partial charge is 0.131 e. The van der Waals surface area contributed by atoms with Crippen LogP contribution in [0.4, 0.5) is 4.39 Å². The molecule has 16 heavy (non-hydrogen) atoms. The molecule has 1 aromatic carbocycles. The molecule has 90 valence electrons. The lowest BCUT2D eigenvalue weighted by Gasteiger charge is -2.14. The predicted molar refractivity (Wildman–Crippen MR) is 61.0 cm³/mol. The average Bonchev–Trinajstić information content (AvgIpc) is 2.24. The lowest BCUT2D eigenvalue weighted by atomic mass is 10.1. The molecule has 0 saturated carbocycles. The van der Waals surface area contributed by atoms with Crippen LogP contribution in [-0.2, 0) is 4.74 Å². The van der Waals surface area contributed by atoms with Gasteiger partial charge in [-0.25, -0.2) is 4.39 Å². The number of halogens is 1.